The van der Waals surface area contributed by atoms with E-state index in [1.165, 1.54) is 11.3 Å². The van der Waals surface area contributed by atoms with Crippen LogP contribution < -0.4 is 10.9 Å². The van der Waals surface area contributed by atoms with Crippen LogP contribution in [0.1, 0.15) is 11.3 Å². The molecule has 6 aromatic heterocycles. The zero-order valence-electron chi connectivity index (χ0n) is 19.1. The van der Waals surface area contributed by atoms with Gasteiger partial charge in [-0.25, -0.2) is 4.52 Å². The zero-order chi connectivity index (χ0) is 24.4. The summed E-state index contributed by atoms with van der Waals surface area (Å²) in [6.07, 6.45) is 8.95. The van der Waals surface area contributed by atoms with Crippen LogP contribution in [0.4, 0.5) is 5.69 Å². The number of fused-ring (bicyclic) bond motifs is 6. The smallest absolute Gasteiger partial charge is 0.261 e. The summed E-state index contributed by atoms with van der Waals surface area (Å²) >= 11 is 1.48. The topological polar surface area (TPSA) is 126 Å². The van der Waals surface area contributed by atoms with Gasteiger partial charge in [0.15, 0.2) is 0 Å². The number of rotatable bonds is 4. The molecule has 0 spiro atoms. The molecule has 11 nitrogen and oxygen atoms in total. The third-order valence-electron chi connectivity index (χ3n) is 6.29. The van der Waals surface area contributed by atoms with E-state index in [0.29, 0.717) is 40.7 Å². The average Bonchev–Trinajstić information content (AvgIpc) is 3.60. The highest BCUT2D eigenvalue weighted by atomic mass is 32.1. The van der Waals surface area contributed by atoms with Gasteiger partial charge in [-0.1, -0.05) is 6.07 Å². The van der Waals surface area contributed by atoms with Gasteiger partial charge in [-0.2, -0.15) is 10.2 Å². The minimum Gasteiger partial charge on any atom is -0.324 e. The van der Waals surface area contributed by atoms with Crippen LogP contribution in [0.5, 0.6) is 0 Å². The number of anilines is 1. The Labute approximate surface area is 207 Å². The van der Waals surface area contributed by atoms with Gasteiger partial charge in [-0.05, 0) is 17.7 Å². The first-order chi connectivity index (χ1) is 17.5. The molecule has 12 heteroatoms. The number of hydrogen-bond acceptors (Lipinski definition) is 8. The van der Waals surface area contributed by atoms with Crippen molar-refractivity contribution in [3.05, 3.63) is 70.8 Å². The molecular formula is C24H19N9O2S. The van der Waals surface area contributed by atoms with E-state index in [2.05, 4.69) is 30.5 Å². The SMILES string of the molecule is Cn1cc(-c2cn3nc4c5ncc(NC(=O)CN6Cc7cccnc7C6)cc5[nH]c(=O)c4c3s2)cn1. The normalized spacial score (nSPS) is 13.7. The lowest BCUT2D eigenvalue weighted by atomic mass is 10.2. The molecule has 1 aliphatic heterocycles. The molecule has 2 N–H and O–H groups in total. The Kier molecular flexibility index (Phi) is 4.53. The Bertz CT molecular complexity index is 1850. The monoisotopic (exact) mass is 497 g/mol. The fourth-order valence-corrected chi connectivity index (χ4v) is 5.74. The molecular weight excluding hydrogens is 478 g/mol. The molecule has 0 saturated carbocycles. The van der Waals surface area contributed by atoms with Crippen LogP contribution in [0.25, 0.3) is 37.2 Å². The Hall–Kier alpha value is -4.42. The average molecular weight is 498 g/mol. The molecule has 0 unspecified atom stereocenters. The number of H-pyrrole nitrogens is 1. The molecule has 36 heavy (non-hydrogen) atoms. The van der Waals surface area contributed by atoms with Crippen LogP contribution >= 0.6 is 11.3 Å². The summed E-state index contributed by atoms with van der Waals surface area (Å²) in [5.41, 5.74) is 4.99. The van der Waals surface area contributed by atoms with Crippen LogP contribution in [0.15, 0.2) is 54.0 Å². The lowest BCUT2D eigenvalue weighted by Gasteiger charge is -2.14. The molecule has 7 heterocycles. The predicted molar refractivity (Wildman–Crippen MR) is 136 cm³/mol. The maximum atomic E-state index is 13.0. The number of nitrogens with zero attached hydrogens (tertiary/aromatic N) is 7. The maximum absolute atomic E-state index is 13.0. The maximum Gasteiger partial charge on any atom is 0.261 e. The van der Waals surface area contributed by atoms with Crippen LogP contribution in [0.2, 0.25) is 0 Å². The number of thiazole rings is 1. The minimum atomic E-state index is -0.250. The van der Waals surface area contributed by atoms with Crippen molar-refractivity contribution in [2.45, 2.75) is 13.1 Å². The van der Waals surface area contributed by atoms with E-state index in [1.54, 1.807) is 33.9 Å². The Morgan fingerprint density at radius 2 is 2.11 bits per heavy atom. The van der Waals surface area contributed by atoms with Crippen molar-refractivity contribution in [1.82, 2.24) is 39.2 Å². The molecule has 0 aromatic carbocycles. The number of aryl methyl sites for hydroxylation is 1. The molecule has 1 aliphatic rings. The van der Waals surface area contributed by atoms with E-state index in [4.69, 9.17) is 0 Å². The van der Waals surface area contributed by atoms with Crippen LogP contribution in [0, 0.1) is 0 Å². The Morgan fingerprint density at radius 3 is 2.94 bits per heavy atom. The molecule has 0 fully saturated rings. The van der Waals surface area contributed by atoms with Crippen LogP contribution in [-0.4, -0.2) is 51.7 Å². The van der Waals surface area contributed by atoms with Gasteiger partial charge in [0.05, 0.1) is 40.7 Å². The summed E-state index contributed by atoms with van der Waals surface area (Å²) in [5, 5.41) is 12.3. The number of hydrogen-bond donors (Lipinski definition) is 2. The number of pyridine rings is 3. The summed E-state index contributed by atoms with van der Waals surface area (Å²) < 4.78 is 3.45. The second kappa shape index (κ2) is 7.80. The minimum absolute atomic E-state index is 0.155. The Balaban J connectivity index is 1.17. The molecule has 0 saturated heterocycles. The number of amides is 1. The highest BCUT2D eigenvalue weighted by Crippen LogP contribution is 2.33. The van der Waals surface area contributed by atoms with Crippen molar-refractivity contribution >= 4 is 49.7 Å². The van der Waals surface area contributed by atoms with E-state index in [9.17, 15) is 9.59 Å². The van der Waals surface area contributed by atoms with Gasteiger partial charge in [0.2, 0.25) is 5.91 Å². The molecule has 178 valence electrons. The molecule has 0 atom stereocenters. The molecule has 0 radical (unpaired) electrons. The highest BCUT2D eigenvalue weighted by Gasteiger charge is 2.22. The summed E-state index contributed by atoms with van der Waals surface area (Å²) in [4.78, 5) is 41.3. The lowest BCUT2D eigenvalue weighted by molar-refractivity contribution is -0.117. The molecule has 6 aromatic rings. The Morgan fingerprint density at radius 1 is 1.19 bits per heavy atom. The van der Waals surface area contributed by atoms with Crippen molar-refractivity contribution < 1.29 is 4.79 Å². The van der Waals surface area contributed by atoms with Crippen LogP contribution in [0.3, 0.4) is 0 Å². The van der Waals surface area contributed by atoms with E-state index in [0.717, 1.165) is 26.5 Å². The van der Waals surface area contributed by atoms with Gasteiger partial charge >= 0.3 is 0 Å². The summed E-state index contributed by atoms with van der Waals surface area (Å²) in [7, 11) is 1.86. The predicted octanol–water partition coefficient (Wildman–Crippen LogP) is 2.54. The summed E-state index contributed by atoms with van der Waals surface area (Å²) in [5.74, 6) is -0.155. The number of carbonyl (C=O) groups is 1. The second-order valence-corrected chi connectivity index (χ2v) is 9.88. The van der Waals surface area contributed by atoms with Crippen molar-refractivity contribution in [2.75, 3.05) is 11.9 Å². The number of nitrogens with one attached hydrogen (secondary N) is 2. The summed E-state index contributed by atoms with van der Waals surface area (Å²) in [6, 6.07) is 5.66. The highest BCUT2D eigenvalue weighted by molar-refractivity contribution is 7.21. The third kappa shape index (κ3) is 3.38. The lowest BCUT2D eigenvalue weighted by Crippen LogP contribution is -2.29. The van der Waals surface area contributed by atoms with E-state index < -0.39 is 0 Å². The number of aromatic amines is 1. The van der Waals surface area contributed by atoms with Crippen LogP contribution in [-0.2, 0) is 24.9 Å². The van der Waals surface area contributed by atoms with E-state index in [1.807, 2.05) is 36.5 Å². The van der Waals surface area contributed by atoms with Gasteiger partial charge in [0, 0.05) is 44.3 Å². The van der Waals surface area contributed by atoms with Crippen molar-refractivity contribution in [3.63, 3.8) is 0 Å². The third-order valence-corrected chi connectivity index (χ3v) is 7.44. The number of carbonyl (C=O) groups excluding carboxylic acids is 1. The van der Waals surface area contributed by atoms with Gasteiger partial charge in [-0.15, -0.1) is 11.3 Å². The van der Waals surface area contributed by atoms with Gasteiger partial charge in [-0.3, -0.25) is 29.1 Å². The molecule has 7 rings (SSSR count). The molecule has 0 aliphatic carbocycles. The first-order valence-corrected chi connectivity index (χ1v) is 12.1. The van der Waals surface area contributed by atoms with Gasteiger partial charge in [0.1, 0.15) is 21.3 Å². The fraction of sp³-hybridized carbons (Fsp3) is 0.167. The largest absolute Gasteiger partial charge is 0.324 e. The van der Waals surface area contributed by atoms with Crippen molar-refractivity contribution in [1.29, 1.82) is 0 Å². The van der Waals surface area contributed by atoms with Crippen molar-refractivity contribution in [3.8, 4) is 10.4 Å². The first kappa shape index (κ1) is 20.9. The standard InChI is InChI=1S/C24H19N9O2S/c1-31-8-14(6-27-31)18-11-33-24(36-18)20-22(30-33)21-16(29-23(20)35)5-15(7-26-21)28-19(34)12-32-9-13-3-2-4-25-17(13)10-32/h2-8,11H,9-10,12H2,1H3,(H,28,34)(H,29,35). The second-order valence-electron chi connectivity index (χ2n) is 8.85. The molecule has 0 bridgehead atoms. The molecule has 1 amide bonds. The van der Waals surface area contributed by atoms with Gasteiger partial charge < -0.3 is 10.3 Å². The summed E-state index contributed by atoms with van der Waals surface area (Å²) in [6.45, 7) is 1.57. The zero-order valence-corrected chi connectivity index (χ0v) is 19.9. The quantitative estimate of drug-likeness (QED) is 0.383. The van der Waals surface area contributed by atoms with E-state index in [-0.39, 0.29) is 18.0 Å². The van der Waals surface area contributed by atoms with Gasteiger partial charge in [0.25, 0.3) is 5.56 Å². The first-order valence-electron chi connectivity index (χ1n) is 11.3. The van der Waals surface area contributed by atoms with E-state index >= 15 is 0 Å². The number of aromatic nitrogens is 7. The van der Waals surface area contributed by atoms with Crippen molar-refractivity contribution in [2.24, 2.45) is 7.05 Å². The fourth-order valence-electron chi connectivity index (χ4n) is 4.68.